The van der Waals surface area contributed by atoms with Crippen LogP contribution in [0.1, 0.15) is 16.0 Å². The molecule has 0 aliphatic carbocycles. The van der Waals surface area contributed by atoms with E-state index in [0.29, 0.717) is 0 Å². The van der Waals surface area contributed by atoms with Gasteiger partial charge in [-0.2, -0.15) is 0 Å². The van der Waals surface area contributed by atoms with Crippen LogP contribution >= 0.6 is 18.6 Å². The molecule has 0 nitrogen and oxygen atoms in total. The Morgan fingerprint density at radius 3 is 1.69 bits per heavy atom. The first-order valence-corrected chi connectivity index (χ1v) is 14.2. The molecule has 0 amide bonds. The standard InChI is InChI=1S/C30H27PS/c1-4-13-25(14-5-1)24-31(27-16-6-2-7-17-27,28-18-8-3-9-19-28)30-21-11-10-15-26(30)23-29-20-12-22-32-29/h1-22,31H,23-24H2. The van der Waals surface area contributed by atoms with E-state index >= 15 is 0 Å². The molecular formula is C30H27PS. The summed E-state index contributed by atoms with van der Waals surface area (Å²) in [7, 11) is -2.34. The van der Waals surface area contributed by atoms with E-state index in [9.17, 15) is 0 Å². The van der Waals surface area contributed by atoms with Gasteiger partial charge in [0, 0.05) is 0 Å². The third-order valence-electron chi connectivity index (χ3n) is 6.27. The molecule has 0 bridgehead atoms. The van der Waals surface area contributed by atoms with Crippen molar-refractivity contribution in [2.75, 3.05) is 0 Å². The third-order valence-corrected chi connectivity index (χ3v) is 12.1. The van der Waals surface area contributed by atoms with Crippen LogP contribution in [-0.4, -0.2) is 0 Å². The van der Waals surface area contributed by atoms with E-state index in [1.165, 1.54) is 31.9 Å². The molecule has 1 aromatic heterocycles. The van der Waals surface area contributed by atoms with E-state index in [1.54, 1.807) is 0 Å². The summed E-state index contributed by atoms with van der Waals surface area (Å²) in [4.78, 5) is 1.42. The van der Waals surface area contributed by atoms with Gasteiger partial charge < -0.3 is 0 Å². The van der Waals surface area contributed by atoms with Gasteiger partial charge in [0.2, 0.25) is 0 Å². The summed E-state index contributed by atoms with van der Waals surface area (Å²) in [6.45, 7) is 0. The molecule has 0 unspecified atom stereocenters. The maximum atomic E-state index is 2.40. The van der Waals surface area contributed by atoms with Crippen molar-refractivity contribution in [2.24, 2.45) is 0 Å². The van der Waals surface area contributed by atoms with Crippen LogP contribution in [0.5, 0.6) is 0 Å². The average molecular weight is 451 g/mol. The second-order valence-electron chi connectivity index (χ2n) is 8.21. The molecule has 158 valence electrons. The predicted octanol–water partition coefficient (Wildman–Crippen LogP) is 6.57. The Morgan fingerprint density at radius 1 is 0.531 bits per heavy atom. The van der Waals surface area contributed by atoms with E-state index in [2.05, 4.69) is 133 Å². The average Bonchev–Trinajstić information content (AvgIpc) is 3.38. The fourth-order valence-corrected chi connectivity index (χ4v) is 10.6. The minimum absolute atomic E-state index is 0.983. The normalized spacial score (nSPS) is 11.9. The fraction of sp³-hybridized carbons (Fsp3) is 0.0667. The Balaban J connectivity index is 1.79. The summed E-state index contributed by atoms with van der Waals surface area (Å²) in [6, 6.07) is 47.1. The summed E-state index contributed by atoms with van der Waals surface area (Å²) >= 11 is 1.85. The van der Waals surface area contributed by atoms with Crippen molar-refractivity contribution in [1.29, 1.82) is 0 Å². The molecule has 2 heteroatoms. The number of thiophene rings is 1. The molecular weight excluding hydrogens is 423 g/mol. The second-order valence-corrected chi connectivity index (χ2v) is 13.1. The van der Waals surface area contributed by atoms with Crippen LogP contribution in [-0.2, 0) is 12.6 Å². The van der Waals surface area contributed by atoms with Crippen LogP contribution in [0.2, 0.25) is 0 Å². The van der Waals surface area contributed by atoms with Gasteiger partial charge >= 0.3 is 196 Å². The fourth-order valence-electron chi connectivity index (χ4n) is 4.82. The molecule has 0 atom stereocenters. The zero-order chi connectivity index (χ0) is 21.6. The number of rotatable bonds is 7. The first kappa shape index (κ1) is 20.9. The maximum absolute atomic E-state index is 2.40. The Labute approximate surface area is 195 Å². The molecule has 0 aliphatic heterocycles. The van der Waals surface area contributed by atoms with Gasteiger partial charge in [-0.25, -0.2) is 0 Å². The van der Waals surface area contributed by atoms with Crippen LogP contribution < -0.4 is 15.9 Å². The summed E-state index contributed by atoms with van der Waals surface area (Å²) in [5, 5.41) is 6.64. The van der Waals surface area contributed by atoms with E-state index < -0.39 is 7.26 Å². The first-order valence-electron chi connectivity index (χ1n) is 11.1. The van der Waals surface area contributed by atoms with Crippen molar-refractivity contribution < 1.29 is 0 Å². The molecule has 1 heterocycles. The Kier molecular flexibility index (Phi) is 6.30. The topological polar surface area (TPSA) is 0 Å². The van der Waals surface area contributed by atoms with Gasteiger partial charge in [0.15, 0.2) is 0 Å². The van der Waals surface area contributed by atoms with E-state index in [4.69, 9.17) is 0 Å². The van der Waals surface area contributed by atoms with Crippen molar-refractivity contribution in [3.8, 4) is 0 Å². The summed E-state index contributed by atoms with van der Waals surface area (Å²) in [6.07, 6.45) is 2.03. The zero-order valence-corrected chi connectivity index (χ0v) is 19.8. The number of benzene rings is 4. The molecule has 0 saturated heterocycles. The van der Waals surface area contributed by atoms with Gasteiger partial charge in [-0.1, -0.05) is 0 Å². The molecule has 0 fully saturated rings. The van der Waals surface area contributed by atoms with Gasteiger partial charge in [0.25, 0.3) is 0 Å². The molecule has 0 N–H and O–H groups in total. The molecule has 5 aromatic rings. The number of hydrogen-bond donors (Lipinski definition) is 0. The summed E-state index contributed by atoms with van der Waals surface area (Å²) in [5.74, 6) is 0. The molecule has 0 spiro atoms. The molecule has 0 radical (unpaired) electrons. The molecule has 4 aromatic carbocycles. The molecule has 0 aliphatic rings. The van der Waals surface area contributed by atoms with E-state index in [-0.39, 0.29) is 0 Å². The van der Waals surface area contributed by atoms with Gasteiger partial charge in [-0.15, -0.1) is 0 Å². The van der Waals surface area contributed by atoms with Crippen LogP contribution in [0.25, 0.3) is 0 Å². The summed E-state index contributed by atoms with van der Waals surface area (Å²) in [5.41, 5.74) is 2.85. The van der Waals surface area contributed by atoms with Gasteiger partial charge in [-0.3, -0.25) is 0 Å². The second kappa shape index (κ2) is 9.65. The van der Waals surface area contributed by atoms with E-state index in [1.807, 2.05) is 11.3 Å². The summed E-state index contributed by atoms with van der Waals surface area (Å²) < 4.78 is 0. The van der Waals surface area contributed by atoms with Crippen LogP contribution in [0.3, 0.4) is 0 Å². The van der Waals surface area contributed by atoms with E-state index in [0.717, 1.165) is 12.6 Å². The van der Waals surface area contributed by atoms with Gasteiger partial charge in [0.1, 0.15) is 0 Å². The van der Waals surface area contributed by atoms with Crippen LogP contribution in [0, 0.1) is 0 Å². The van der Waals surface area contributed by atoms with Gasteiger partial charge in [0.05, 0.1) is 0 Å². The van der Waals surface area contributed by atoms with Crippen LogP contribution in [0.4, 0.5) is 0 Å². The molecule has 32 heavy (non-hydrogen) atoms. The van der Waals surface area contributed by atoms with Crippen LogP contribution in [0.15, 0.2) is 133 Å². The minimum atomic E-state index is -2.34. The monoisotopic (exact) mass is 450 g/mol. The molecule has 0 saturated carbocycles. The first-order chi connectivity index (χ1) is 15.9. The van der Waals surface area contributed by atoms with Crippen molar-refractivity contribution in [3.63, 3.8) is 0 Å². The van der Waals surface area contributed by atoms with Crippen molar-refractivity contribution in [1.82, 2.24) is 0 Å². The quantitative estimate of drug-likeness (QED) is 0.246. The van der Waals surface area contributed by atoms with Crippen molar-refractivity contribution in [3.05, 3.63) is 149 Å². The zero-order valence-electron chi connectivity index (χ0n) is 18.0. The van der Waals surface area contributed by atoms with Crippen molar-refractivity contribution >= 4 is 34.5 Å². The third kappa shape index (κ3) is 4.19. The number of hydrogen-bond acceptors (Lipinski definition) is 1. The van der Waals surface area contributed by atoms with Gasteiger partial charge in [-0.05, 0) is 0 Å². The molecule has 5 rings (SSSR count). The Bertz CT molecular complexity index is 1210. The predicted molar refractivity (Wildman–Crippen MR) is 144 cm³/mol. The SMILES string of the molecule is c1ccc(C[PH](c2ccccc2)(c2ccccc2)c2ccccc2Cc2cccs2)cc1. The Hall–Kier alpha value is -2.99. The van der Waals surface area contributed by atoms with Crippen molar-refractivity contribution in [2.45, 2.75) is 12.6 Å². The Morgan fingerprint density at radius 2 is 1.09 bits per heavy atom.